The maximum absolute atomic E-state index is 12.1. The molecule has 2 fully saturated rings. The van der Waals surface area contributed by atoms with Crippen LogP contribution in [-0.4, -0.2) is 21.6 Å². The van der Waals surface area contributed by atoms with Crippen molar-refractivity contribution in [2.45, 2.75) is 37.8 Å². The molecule has 0 N–H and O–H groups in total. The summed E-state index contributed by atoms with van der Waals surface area (Å²) >= 11 is 0. The van der Waals surface area contributed by atoms with Crippen molar-refractivity contribution in [1.29, 1.82) is 0 Å². The van der Waals surface area contributed by atoms with E-state index in [4.69, 9.17) is 0 Å². The highest BCUT2D eigenvalue weighted by atomic mass is 16.1. The van der Waals surface area contributed by atoms with Crippen molar-refractivity contribution < 1.29 is 0 Å². The molecule has 17 heavy (non-hydrogen) atoms. The molecule has 1 aromatic heterocycles. The summed E-state index contributed by atoms with van der Waals surface area (Å²) in [6.45, 7) is 4.09. The van der Waals surface area contributed by atoms with Crippen LogP contribution in [0.4, 0.5) is 5.82 Å². The molecule has 3 heterocycles. The topological polar surface area (TPSA) is 38.1 Å². The molecule has 0 saturated carbocycles. The van der Waals surface area contributed by atoms with E-state index in [9.17, 15) is 4.79 Å². The first-order chi connectivity index (χ1) is 8.16. The third kappa shape index (κ3) is 1.59. The summed E-state index contributed by atoms with van der Waals surface area (Å²) < 4.78 is 1.60. The van der Waals surface area contributed by atoms with E-state index in [0.717, 1.165) is 25.7 Å². The van der Waals surface area contributed by atoms with Gasteiger partial charge in [-0.3, -0.25) is 4.79 Å². The van der Waals surface area contributed by atoms with Crippen molar-refractivity contribution in [2.75, 3.05) is 4.90 Å². The van der Waals surface area contributed by atoms with Crippen LogP contribution in [0.3, 0.4) is 0 Å². The van der Waals surface area contributed by atoms with Gasteiger partial charge in [0.25, 0.3) is 5.56 Å². The first-order valence-electron chi connectivity index (χ1n) is 6.13. The van der Waals surface area contributed by atoms with Gasteiger partial charge in [0.2, 0.25) is 0 Å². The lowest BCUT2D eigenvalue weighted by molar-refractivity contribution is 0.540. The maximum atomic E-state index is 12.1. The van der Waals surface area contributed by atoms with Crippen molar-refractivity contribution in [1.82, 2.24) is 9.55 Å². The molecule has 3 rings (SSSR count). The molecular weight excluding hydrogens is 214 g/mol. The Kier molecular flexibility index (Phi) is 2.31. The number of anilines is 1. The molecule has 2 aliphatic heterocycles. The Labute approximate surface area is 101 Å². The average Bonchev–Trinajstić information content (AvgIpc) is 2.55. The molecule has 2 atom stereocenters. The largest absolute Gasteiger partial charge is 0.345 e. The summed E-state index contributed by atoms with van der Waals surface area (Å²) in [5.41, 5.74) is 1.33. The Morgan fingerprint density at radius 3 is 2.65 bits per heavy atom. The normalized spacial score (nSPS) is 27.6. The Morgan fingerprint density at radius 1 is 1.35 bits per heavy atom. The van der Waals surface area contributed by atoms with Crippen LogP contribution in [0.15, 0.2) is 29.3 Å². The van der Waals surface area contributed by atoms with Gasteiger partial charge in [-0.25, -0.2) is 4.98 Å². The molecule has 2 unspecified atom stereocenters. The van der Waals surface area contributed by atoms with Crippen LogP contribution in [0, 0.1) is 0 Å². The minimum Gasteiger partial charge on any atom is -0.345 e. The highest BCUT2D eigenvalue weighted by molar-refractivity contribution is 5.43. The fourth-order valence-corrected chi connectivity index (χ4v) is 3.12. The number of aryl methyl sites for hydroxylation is 1. The summed E-state index contributed by atoms with van der Waals surface area (Å²) in [5, 5.41) is 0. The molecular formula is C13H17N3O. The van der Waals surface area contributed by atoms with Gasteiger partial charge in [0.1, 0.15) is 0 Å². The zero-order chi connectivity index (χ0) is 12.0. The number of hydrogen-bond donors (Lipinski definition) is 0. The summed E-state index contributed by atoms with van der Waals surface area (Å²) in [4.78, 5) is 18.6. The summed E-state index contributed by atoms with van der Waals surface area (Å²) in [7, 11) is 1.78. The molecule has 0 radical (unpaired) electrons. The van der Waals surface area contributed by atoms with Crippen LogP contribution >= 0.6 is 0 Å². The lowest BCUT2D eigenvalue weighted by Crippen LogP contribution is -2.44. The fourth-order valence-electron chi connectivity index (χ4n) is 3.12. The quantitative estimate of drug-likeness (QED) is 0.687. The number of rotatable bonds is 1. The first kappa shape index (κ1) is 10.6. The highest BCUT2D eigenvalue weighted by Gasteiger charge is 2.39. The van der Waals surface area contributed by atoms with Gasteiger partial charge in [-0.2, -0.15) is 0 Å². The molecule has 1 aromatic rings. The van der Waals surface area contributed by atoms with Gasteiger partial charge in [0.05, 0.1) is 0 Å². The number of aromatic nitrogens is 2. The van der Waals surface area contributed by atoms with Gasteiger partial charge in [-0.15, -0.1) is 0 Å². The summed E-state index contributed by atoms with van der Waals surface area (Å²) in [6.07, 6.45) is 7.75. The second-order valence-corrected chi connectivity index (χ2v) is 5.12. The van der Waals surface area contributed by atoms with Crippen molar-refractivity contribution in [2.24, 2.45) is 7.05 Å². The third-order valence-electron chi connectivity index (χ3n) is 3.91. The Balaban J connectivity index is 2.03. The zero-order valence-corrected chi connectivity index (χ0v) is 10.1. The minimum atomic E-state index is 0.0110. The van der Waals surface area contributed by atoms with Crippen LogP contribution < -0.4 is 10.5 Å². The molecule has 90 valence electrons. The number of fused-ring (bicyclic) bond motifs is 2. The van der Waals surface area contributed by atoms with Crippen molar-refractivity contribution >= 4 is 5.82 Å². The molecule has 2 aliphatic rings. The van der Waals surface area contributed by atoms with Crippen LogP contribution in [0.25, 0.3) is 0 Å². The molecule has 0 amide bonds. The van der Waals surface area contributed by atoms with Crippen molar-refractivity contribution in [3.05, 3.63) is 34.9 Å². The Hall–Kier alpha value is -1.58. The van der Waals surface area contributed by atoms with Gasteiger partial charge in [-0.1, -0.05) is 12.2 Å². The second kappa shape index (κ2) is 3.72. The smallest absolute Gasteiger partial charge is 0.293 e. The molecule has 4 nitrogen and oxygen atoms in total. The number of nitrogens with zero attached hydrogens (tertiary/aromatic N) is 3. The maximum Gasteiger partial charge on any atom is 0.293 e. The summed E-state index contributed by atoms with van der Waals surface area (Å²) in [6, 6.07) is 0.868. The van der Waals surface area contributed by atoms with Gasteiger partial charge in [-0.05, 0) is 25.7 Å². The average molecular weight is 231 g/mol. The van der Waals surface area contributed by atoms with E-state index in [1.165, 1.54) is 5.57 Å². The van der Waals surface area contributed by atoms with Crippen LogP contribution in [0.5, 0.6) is 0 Å². The lowest BCUT2D eigenvalue weighted by atomic mass is 9.98. The molecule has 2 bridgehead atoms. The van der Waals surface area contributed by atoms with E-state index in [1.54, 1.807) is 24.0 Å². The van der Waals surface area contributed by atoms with Crippen LogP contribution in [0.1, 0.15) is 25.7 Å². The molecule has 2 saturated heterocycles. The van der Waals surface area contributed by atoms with Gasteiger partial charge in [0.15, 0.2) is 5.82 Å². The van der Waals surface area contributed by atoms with Crippen LogP contribution in [0.2, 0.25) is 0 Å². The molecule has 0 aromatic carbocycles. The highest BCUT2D eigenvalue weighted by Crippen LogP contribution is 2.38. The van der Waals surface area contributed by atoms with Gasteiger partial charge in [0, 0.05) is 31.5 Å². The summed E-state index contributed by atoms with van der Waals surface area (Å²) in [5.74, 6) is 0.620. The van der Waals surface area contributed by atoms with E-state index in [-0.39, 0.29) is 5.56 Å². The molecule has 0 spiro atoms. The third-order valence-corrected chi connectivity index (χ3v) is 3.91. The van der Waals surface area contributed by atoms with E-state index >= 15 is 0 Å². The SMILES string of the molecule is C=C1CC2CCC(C1)N2c1nccn(C)c1=O. The van der Waals surface area contributed by atoms with Crippen LogP contribution in [-0.2, 0) is 7.05 Å². The van der Waals surface area contributed by atoms with E-state index in [2.05, 4.69) is 16.5 Å². The predicted octanol–water partition coefficient (Wildman–Crippen LogP) is 1.47. The zero-order valence-electron chi connectivity index (χ0n) is 10.1. The van der Waals surface area contributed by atoms with Crippen molar-refractivity contribution in [3.8, 4) is 0 Å². The predicted molar refractivity (Wildman–Crippen MR) is 67.1 cm³/mol. The first-order valence-corrected chi connectivity index (χ1v) is 6.13. The lowest BCUT2D eigenvalue weighted by Gasteiger charge is -2.36. The fraction of sp³-hybridized carbons (Fsp3) is 0.538. The van der Waals surface area contributed by atoms with E-state index in [1.807, 2.05) is 0 Å². The molecule has 0 aliphatic carbocycles. The Morgan fingerprint density at radius 2 is 2.00 bits per heavy atom. The number of piperidine rings is 1. The molecule has 4 heteroatoms. The minimum absolute atomic E-state index is 0.0110. The van der Waals surface area contributed by atoms with E-state index in [0.29, 0.717) is 17.9 Å². The van der Waals surface area contributed by atoms with E-state index < -0.39 is 0 Å². The second-order valence-electron chi connectivity index (χ2n) is 5.12. The van der Waals surface area contributed by atoms with Gasteiger partial charge >= 0.3 is 0 Å². The van der Waals surface area contributed by atoms with Crippen molar-refractivity contribution in [3.63, 3.8) is 0 Å². The van der Waals surface area contributed by atoms with Gasteiger partial charge < -0.3 is 9.47 Å². The Bertz CT molecular complexity index is 504. The monoisotopic (exact) mass is 231 g/mol. The standard InChI is InChI=1S/C13H17N3O/c1-9-7-10-3-4-11(8-9)16(10)12-13(17)15(2)6-5-14-12/h5-6,10-11H,1,3-4,7-8H2,2H3. The number of hydrogen-bond acceptors (Lipinski definition) is 3.